The van der Waals surface area contributed by atoms with Crippen molar-refractivity contribution in [2.75, 3.05) is 25.1 Å². The third-order valence-corrected chi connectivity index (χ3v) is 5.78. The Bertz CT molecular complexity index is 894. The third-order valence-electron chi connectivity index (χ3n) is 5.14. The van der Waals surface area contributed by atoms with E-state index < -0.39 is 60.2 Å². The van der Waals surface area contributed by atoms with Gasteiger partial charge in [0, 0.05) is 13.1 Å². The maximum Gasteiger partial charge on any atom is 0.326 e. The summed E-state index contributed by atoms with van der Waals surface area (Å²) in [7, 11) is 0. The van der Waals surface area contributed by atoms with Crippen molar-refractivity contribution in [3.05, 3.63) is 0 Å². The van der Waals surface area contributed by atoms with Crippen LogP contribution >= 0.6 is 11.8 Å². The van der Waals surface area contributed by atoms with Crippen LogP contribution in [0.5, 0.6) is 0 Å². The standard InChI is InChI=1S/C21H41N11O6S/c1-39-9-6-13(18(36)32-14(19(37)38)5-3-8-29-21(26)27)31-17(35)12(4-2-7-28-20(24)25)30-16(34)11(22)10-15(23)33/h11-14H,2-10,22H2,1H3,(H2,23,33)(H,30,34)(H,31,35)(H,32,36)(H,37,38)(H4,24,25,28)(H4,26,27,29). The van der Waals surface area contributed by atoms with Gasteiger partial charge in [0.1, 0.15) is 18.1 Å². The number of amides is 4. The molecule has 39 heavy (non-hydrogen) atoms. The summed E-state index contributed by atoms with van der Waals surface area (Å²) in [6, 6.07) is -4.81. The summed E-state index contributed by atoms with van der Waals surface area (Å²) in [5.74, 6) is -4.13. The SMILES string of the molecule is CSCCC(NC(=O)C(CCCN=C(N)N)NC(=O)C(N)CC(N)=O)C(=O)NC(CCCN=C(N)N)C(=O)O. The number of nitrogens with two attached hydrogens (primary N) is 6. The van der Waals surface area contributed by atoms with Gasteiger partial charge in [-0.05, 0) is 44.1 Å². The van der Waals surface area contributed by atoms with Gasteiger partial charge in [0.05, 0.1) is 12.5 Å². The highest BCUT2D eigenvalue weighted by molar-refractivity contribution is 7.98. The molecule has 4 unspecified atom stereocenters. The number of hydrogen-bond donors (Lipinski definition) is 10. The largest absolute Gasteiger partial charge is 0.480 e. The monoisotopic (exact) mass is 575 g/mol. The molecule has 0 spiro atoms. The van der Waals surface area contributed by atoms with E-state index in [9.17, 15) is 29.1 Å². The number of carbonyl (C=O) groups excluding carboxylic acids is 4. The van der Waals surface area contributed by atoms with Crippen LogP contribution in [0.15, 0.2) is 9.98 Å². The molecule has 0 aliphatic carbocycles. The number of aliphatic carboxylic acids is 1. The number of rotatable bonds is 20. The predicted molar refractivity (Wildman–Crippen MR) is 148 cm³/mol. The molecule has 0 fully saturated rings. The lowest BCUT2D eigenvalue weighted by Crippen LogP contribution is -2.57. The van der Waals surface area contributed by atoms with Crippen molar-refractivity contribution in [2.24, 2.45) is 44.4 Å². The van der Waals surface area contributed by atoms with E-state index in [0.717, 1.165) is 0 Å². The Hall–Kier alpha value is -3.80. The van der Waals surface area contributed by atoms with Gasteiger partial charge in [-0.15, -0.1) is 0 Å². The van der Waals surface area contributed by atoms with E-state index in [1.165, 1.54) is 11.8 Å². The Morgan fingerprint density at radius 1 is 0.744 bits per heavy atom. The first kappa shape index (κ1) is 35.2. The quantitative estimate of drug-likeness (QED) is 0.0373. The Morgan fingerprint density at radius 2 is 1.18 bits per heavy atom. The highest BCUT2D eigenvalue weighted by Gasteiger charge is 2.30. The van der Waals surface area contributed by atoms with Crippen LogP contribution in [-0.2, 0) is 24.0 Å². The Labute approximate surface area is 230 Å². The van der Waals surface area contributed by atoms with Gasteiger partial charge in [-0.2, -0.15) is 11.8 Å². The minimum atomic E-state index is -1.29. The molecule has 0 aliphatic rings. The summed E-state index contributed by atoms with van der Waals surface area (Å²) < 4.78 is 0. The van der Waals surface area contributed by atoms with Crippen LogP contribution in [0.1, 0.15) is 38.5 Å². The summed E-state index contributed by atoms with van der Waals surface area (Å²) in [5, 5.41) is 17.0. The normalized spacial score (nSPS) is 13.6. The smallest absolute Gasteiger partial charge is 0.326 e. The van der Waals surface area contributed by atoms with Crippen LogP contribution in [0.3, 0.4) is 0 Å². The zero-order valence-corrected chi connectivity index (χ0v) is 22.7. The van der Waals surface area contributed by atoms with E-state index in [1.807, 2.05) is 0 Å². The number of carboxylic acids is 1. The molecule has 0 saturated heterocycles. The van der Waals surface area contributed by atoms with Gasteiger partial charge >= 0.3 is 5.97 Å². The zero-order valence-electron chi connectivity index (χ0n) is 21.9. The van der Waals surface area contributed by atoms with E-state index in [1.54, 1.807) is 6.26 Å². The number of nitrogens with zero attached hydrogens (tertiary/aromatic N) is 2. The third kappa shape index (κ3) is 16.6. The van der Waals surface area contributed by atoms with E-state index in [2.05, 4.69) is 25.9 Å². The van der Waals surface area contributed by atoms with Crippen molar-refractivity contribution < 1.29 is 29.1 Å². The first-order valence-electron chi connectivity index (χ1n) is 12.1. The molecule has 0 saturated carbocycles. The van der Waals surface area contributed by atoms with E-state index in [4.69, 9.17) is 34.4 Å². The molecule has 0 rings (SSSR count). The average Bonchev–Trinajstić information content (AvgIpc) is 2.83. The lowest BCUT2D eigenvalue weighted by atomic mass is 10.1. The molecule has 0 bridgehead atoms. The summed E-state index contributed by atoms with van der Waals surface area (Å²) in [5.41, 5.74) is 31.9. The molecule has 18 heteroatoms. The molecule has 0 aliphatic heterocycles. The predicted octanol–water partition coefficient (Wildman–Crippen LogP) is -4.41. The van der Waals surface area contributed by atoms with Crippen LogP contribution in [-0.4, -0.2) is 95.9 Å². The molecular weight excluding hydrogens is 534 g/mol. The van der Waals surface area contributed by atoms with Gasteiger partial charge in [-0.3, -0.25) is 29.2 Å². The van der Waals surface area contributed by atoms with Gasteiger partial charge in [0.2, 0.25) is 23.6 Å². The van der Waals surface area contributed by atoms with Gasteiger partial charge in [-0.1, -0.05) is 0 Å². The molecule has 0 heterocycles. The minimum Gasteiger partial charge on any atom is -0.480 e. The number of thioether (sulfide) groups is 1. The fraction of sp³-hybridized carbons (Fsp3) is 0.667. The highest BCUT2D eigenvalue weighted by atomic mass is 32.2. The summed E-state index contributed by atoms with van der Waals surface area (Å²) in [4.78, 5) is 69.0. The second kappa shape index (κ2) is 19.3. The number of nitrogens with one attached hydrogen (secondary N) is 3. The molecule has 0 aromatic heterocycles. The first-order chi connectivity index (χ1) is 18.3. The lowest BCUT2D eigenvalue weighted by Gasteiger charge is -2.25. The van der Waals surface area contributed by atoms with Crippen molar-refractivity contribution in [3.63, 3.8) is 0 Å². The summed E-state index contributed by atoms with van der Waals surface area (Å²) in [6.07, 6.45) is 2.21. The summed E-state index contributed by atoms with van der Waals surface area (Å²) >= 11 is 1.41. The van der Waals surface area contributed by atoms with E-state index in [0.29, 0.717) is 5.75 Å². The lowest BCUT2D eigenvalue weighted by molar-refractivity contribution is -0.142. The molecule has 17 nitrogen and oxygen atoms in total. The molecule has 16 N–H and O–H groups in total. The van der Waals surface area contributed by atoms with Crippen LogP contribution in [0.2, 0.25) is 0 Å². The second-order valence-corrected chi connectivity index (χ2v) is 9.46. The van der Waals surface area contributed by atoms with E-state index in [-0.39, 0.29) is 57.1 Å². The molecule has 0 aromatic rings. The number of guanidine groups is 2. The Kier molecular flexibility index (Phi) is 17.4. The van der Waals surface area contributed by atoms with Gasteiger partial charge < -0.3 is 55.5 Å². The maximum absolute atomic E-state index is 13.1. The van der Waals surface area contributed by atoms with Crippen molar-refractivity contribution in [2.45, 2.75) is 62.7 Å². The van der Waals surface area contributed by atoms with Crippen molar-refractivity contribution in [1.29, 1.82) is 0 Å². The number of hydrogen-bond acceptors (Lipinski definition) is 9. The van der Waals surface area contributed by atoms with Crippen molar-refractivity contribution in [3.8, 4) is 0 Å². The number of carboxylic acid groups (broad SMARTS) is 1. The molecule has 222 valence electrons. The fourth-order valence-electron chi connectivity index (χ4n) is 3.17. The number of aliphatic imine (C=N–C) groups is 2. The number of carbonyl (C=O) groups is 5. The molecule has 4 amide bonds. The zero-order chi connectivity index (χ0) is 30.0. The van der Waals surface area contributed by atoms with Crippen molar-refractivity contribution >= 4 is 53.3 Å². The second-order valence-electron chi connectivity index (χ2n) is 8.48. The van der Waals surface area contributed by atoms with Gasteiger partial charge in [0.25, 0.3) is 0 Å². The number of primary amides is 1. The Morgan fingerprint density at radius 3 is 1.62 bits per heavy atom. The molecule has 0 radical (unpaired) electrons. The van der Waals surface area contributed by atoms with Crippen molar-refractivity contribution in [1.82, 2.24) is 16.0 Å². The average molecular weight is 576 g/mol. The molecule has 0 aromatic carbocycles. The van der Waals surface area contributed by atoms with Crippen LogP contribution in [0.4, 0.5) is 0 Å². The van der Waals surface area contributed by atoms with Crippen LogP contribution in [0.25, 0.3) is 0 Å². The van der Waals surface area contributed by atoms with Gasteiger partial charge in [-0.25, -0.2) is 4.79 Å². The fourth-order valence-corrected chi connectivity index (χ4v) is 3.64. The van der Waals surface area contributed by atoms with Crippen LogP contribution < -0.4 is 50.4 Å². The van der Waals surface area contributed by atoms with E-state index >= 15 is 0 Å². The van der Waals surface area contributed by atoms with Crippen LogP contribution in [0, 0.1) is 0 Å². The first-order valence-corrected chi connectivity index (χ1v) is 13.4. The summed E-state index contributed by atoms with van der Waals surface area (Å²) in [6.45, 7) is 0.333. The minimum absolute atomic E-state index is 0.0439. The molecular formula is C21H41N11O6S. The topological polar surface area (TPSA) is 323 Å². The highest BCUT2D eigenvalue weighted by Crippen LogP contribution is 2.07. The maximum atomic E-state index is 13.1. The molecule has 4 atom stereocenters. The van der Waals surface area contributed by atoms with Gasteiger partial charge in [0.15, 0.2) is 11.9 Å². The Balaban J connectivity index is 5.57.